The molecule has 0 heterocycles. The molecule has 0 radical (unpaired) electrons. The van der Waals surface area contributed by atoms with E-state index in [-0.39, 0.29) is 12.8 Å². The lowest BCUT2D eigenvalue weighted by Gasteiger charge is -2.18. The third-order valence-corrected chi connectivity index (χ3v) is 5.40. The summed E-state index contributed by atoms with van der Waals surface area (Å²) in [6, 6.07) is 14.6. The summed E-state index contributed by atoms with van der Waals surface area (Å²) in [6.45, 7) is 1.36. The van der Waals surface area contributed by atoms with Gasteiger partial charge in [0, 0.05) is 18.4 Å². The molecule has 3 unspecified atom stereocenters. The molecule has 0 aliphatic carbocycles. The van der Waals surface area contributed by atoms with Gasteiger partial charge in [0.15, 0.2) is 0 Å². The van der Waals surface area contributed by atoms with E-state index in [0.29, 0.717) is 18.4 Å². The van der Waals surface area contributed by atoms with E-state index in [1.54, 1.807) is 12.1 Å². The monoisotopic (exact) mass is 500 g/mol. The van der Waals surface area contributed by atoms with Crippen molar-refractivity contribution in [3.8, 4) is 0 Å². The Hall–Kier alpha value is -3.86. The van der Waals surface area contributed by atoms with Crippen LogP contribution in [-0.2, 0) is 41.4 Å². The van der Waals surface area contributed by atoms with Crippen LogP contribution >= 0.6 is 0 Å². The average Bonchev–Trinajstić information content (AvgIpc) is 2.82. The topological polar surface area (TPSA) is 151 Å². The van der Waals surface area contributed by atoms with Gasteiger partial charge in [-0.25, -0.2) is 4.21 Å². The minimum absolute atomic E-state index is 0.0162. The predicted octanol–water partition coefficient (Wildman–Crippen LogP) is 0.594. The Kier molecular flexibility index (Phi) is 10.8. The lowest BCUT2D eigenvalue weighted by Crippen LogP contribution is -2.51. The van der Waals surface area contributed by atoms with Crippen LogP contribution in [0.15, 0.2) is 54.6 Å². The summed E-state index contributed by atoms with van der Waals surface area (Å²) in [5.41, 5.74) is 2.32. The first kappa shape index (κ1) is 27.4. The second kappa shape index (κ2) is 13.8. The van der Waals surface area contributed by atoms with Crippen molar-refractivity contribution in [2.75, 3.05) is 11.6 Å². The first-order valence-corrected chi connectivity index (χ1v) is 12.4. The van der Waals surface area contributed by atoms with E-state index >= 15 is 0 Å². The highest BCUT2D eigenvalue weighted by Gasteiger charge is 2.23. The number of aldehydes is 1. The summed E-state index contributed by atoms with van der Waals surface area (Å²) in [4.78, 5) is 59.9. The fourth-order valence-corrected chi connectivity index (χ4v) is 3.52. The lowest BCUT2D eigenvalue weighted by molar-refractivity contribution is -0.138. The van der Waals surface area contributed by atoms with Gasteiger partial charge in [-0.15, -0.1) is 0 Å². The summed E-state index contributed by atoms with van der Waals surface area (Å²) < 4.78 is 13.2. The quantitative estimate of drug-likeness (QED) is 0.262. The second-order valence-electron chi connectivity index (χ2n) is 7.74. The van der Waals surface area contributed by atoms with Crippen LogP contribution < -0.4 is 20.7 Å². The van der Waals surface area contributed by atoms with Gasteiger partial charge in [0.2, 0.25) is 11.8 Å². The van der Waals surface area contributed by atoms with Gasteiger partial charge in [-0.3, -0.25) is 23.9 Å². The number of anilines is 1. The van der Waals surface area contributed by atoms with Gasteiger partial charge in [0.05, 0.1) is 6.04 Å². The van der Waals surface area contributed by atoms with Gasteiger partial charge in [-0.2, -0.15) is 0 Å². The molecule has 2 aromatic rings. The molecular formula is C24H28N4O6S. The van der Waals surface area contributed by atoms with Gasteiger partial charge < -0.3 is 20.7 Å². The number of carbonyl (C=O) groups excluding carboxylic acids is 5. The van der Waals surface area contributed by atoms with E-state index in [1.807, 2.05) is 42.5 Å². The molecule has 0 aliphatic rings. The van der Waals surface area contributed by atoms with Crippen molar-refractivity contribution in [1.29, 1.82) is 0 Å². The molecule has 4 N–H and O–H groups in total. The maximum atomic E-state index is 12.4. The molecule has 2 rings (SSSR count). The number of carbonyl (C=O) groups is 5. The van der Waals surface area contributed by atoms with Crippen molar-refractivity contribution >= 4 is 46.6 Å². The Morgan fingerprint density at radius 2 is 1.60 bits per heavy atom. The number of rotatable bonds is 11. The zero-order valence-electron chi connectivity index (χ0n) is 19.4. The van der Waals surface area contributed by atoms with Crippen LogP contribution in [0.1, 0.15) is 30.9 Å². The van der Waals surface area contributed by atoms with E-state index in [0.717, 1.165) is 11.1 Å². The minimum Gasteiger partial charge on any atom is -0.345 e. The Balaban J connectivity index is 1.90. The SMILES string of the molecule is CC(NC(=O)C(=O)Nc1ccccc1Cc1ccccc1)C(=O)NC(C=O)CCC(=O)NS(C)=O. The van der Waals surface area contributed by atoms with Gasteiger partial charge in [-0.05, 0) is 37.0 Å². The van der Waals surface area contributed by atoms with Crippen molar-refractivity contribution in [2.45, 2.75) is 38.3 Å². The number of hydrogen-bond acceptors (Lipinski definition) is 6. The van der Waals surface area contributed by atoms with Crippen molar-refractivity contribution in [2.24, 2.45) is 0 Å². The van der Waals surface area contributed by atoms with Crippen molar-refractivity contribution in [3.63, 3.8) is 0 Å². The molecule has 0 saturated carbocycles. The molecule has 0 saturated heterocycles. The standard InChI is InChI=1S/C24H28N4O6S/c1-16(22(31)26-19(15-29)12-13-21(30)28-35(2)34)25-23(32)24(33)27-20-11-7-6-10-18(20)14-17-8-4-3-5-9-17/h3-11,15-16,19H,12-14H2,1-2H3,(H,25,32)(H,26,31)(H,27,33)(H,28,30). The van der Waals surface area contributed by atoms with Gasteiger partial charge >= 0.3 is 11.8 Å². The van der Waals surface area contributed by atoms with Crippen LogP contribution in [0.4, 0.5) is 5.69 Å². The zero-order chi connectivity index (χ0) is 25.8. The fraction of sp³-hybridized carbons (Fsp3) is 0.292. The van der Waals surface area contributed by atoms with Crippen LogP contribution in [0.2, 0.25) is 0 Å². The number of benzene rings is 2. The Bertz CT molecular complexity index is 1090. The Morgan fingerprint density at radius 3 is 2.26 bits per heavy atom. The van der Waals surface area contributed by atoms with Crippen LogP contribution in [0.3, 0.4) is 0 Å². The van der Waals surface area contributed by atoms with Crippen LogP contribution in [0.5, 0.6) is 0 Å². The van der Waals surface area contributed by atoms with E-state index < -0.39 is 46.7 Å². The third kappa shape index (κ3) is 9.49. The molecule has 186 valence electrons. The first-order valence-electron chi connectivity index (χ1n) is 10.8. The maximum absolute atomic E-state index is 12.4. The molecule has 2 aromatic carbocycles. The number of amides is 4. The van der Waals surface area contributed by atoms with Gasteiger partial charge in [0.1, 0.15) is 23.3 Å². The largest absolute Gasteiger partial charge is 0.345 e. The average molecular weight is 501 g/mol. The van der Waals surface area contributed by atoms with E-state index in [9.17, 15) is 28.2 Å². The lowest BCUT2D eigenvalue weighted by atomic mass is 10.0. The molecule has 10 nitrogen and oxygen atoms in total. The first-order chi connectivity index (χ1) is 16.7. The molecule has 0 aliphatic heterocycles. The molecule has 0 spiro atoms. The summed E-state index contributed by atoms with van der Waals surface area (Å²) in [5, 5.41) is 7.25. The smallest absolute Gasteiger partial charge is 0.313 e. The summed E-state index contributed by atoms with van der Waals surface area (Å²) >= 11 is 0. The van der Waals surface area contributed by atoms with Crippen LogP contribution in [-0.4, -0.2) is 52.5 Å². The fourth-order valence-electron chi connectivity index (χ4n) is 3.10. The van der Waals surface area contributed by atoms with E-state index in [2.05, 4.69) is 20.7 Å². The normalized spacial score (nSPS) is 13.0. The van der Waals surface area contributed by atoms with Gasteiger partial charge in [-0.1, -0.05) is 48.5 Å². The minimum atomic E-state index is -1.53. The van der Waals surface area contributed by atoms with Crippen molar-refractivity contribution in [1.82, 2.24) is 15.4 Å². The summed E-state index contributed by atoms with van der Waals surface area (Å²) in [5.74, 6) is -3.19. The second-order valence-corrected chi connectivity index (χ2v) is 8.85. The number of nitrogens with one attached hydrogen (secondary N) is 4. The summed E-state index contributed by atoms with van der Waals surface area (Å²) in [7, 11) is -1.53. The van der Waals surface area contributed by atoms with E-state index in [1.165, 1.54) is 13.2 Å². The number of para-hydroxylation sites is 1. The van der Waals surface area contributed by atoms with E-state index in [4.69, 9.17) is 0 Å². The third-order valence-electron chi connectivity index (χ3n) is 4.88. The Morgan fingerprint density at radius 1 is 0.943 bits per heavy atom. The highest BCUT2D eigenvalue weighted by atomic mass is 32.2. The molecular weight excluding hydrogens is 472 g/mol. The molecule has 0 bridgehead atoms. The molecule has 35 heavy (non-hydrogen) atoms. The summed E-state index contributed by atoms with van der Waals surface area (Å²) in [6.07, 6.45) is 2.15. The Labute approximate surface area is 205 Å². The van der Waals surface area contributed by atoms with Gasteiger partial charge in [0.25, 0.3) is 0 Å². The highest BCUT2D eigenvalue weighted by Crippen LogP contribution is 2.19. The maximum Gasteiger partial charge on any atom is 0.313 e. The number of hydrogen-bond donors (Lipinski definition) is 4. The molecule has 0 aromatic heterocycles. The molecule has 11 heteroatoms. The predicted molar refractivity (Wildman–Crippen MR) is 131 cm³/mol. The van der Waals surface area contributed by atoms with Crippen molar-refractivity contribution < 1.29 is 28.2 Å². The highest BCUT2D eigenvalue weighted by molar-refractivity contribution is 7.82. The zero-order valence-corrected chi connectivity index (χ0v) is 20.2. The molecule has 3 atom stereocenters. The van der Waals surface area contributed by atoms with Crippen LogP contribution in [0, 0.1) is 0 Å². The van der Waals surface area contributed by atoms with Crippen LogP contribution in [0.25, 0.3) is 0 Å². The van der Waals surface area contributed by atoms with Crippen molar-refractivity contribution in [3.05, 3.63) is 65.7 Å². The molecule has 0 fully saturated rings. The molecule has 4 amide bonds.